The zero-order chi connectivity index (χ0) is 14.1. The molecule has 104 valence electrons. The number of thioether (sulfide) groups is 1. The van der Waals surface area contributed by atoms with Crippen molar-refractivity contribution in [2.75, 3.05) is 12.5 Å². The van der Waals surface area contributed by atoms with E-state index in [1.807, 2.05) is 0 Å². The van der Waals surface area contributed by atoms with Crippen LogP contribution in [-0.4, -0.2) is 38.4 Å². The van der Waals surface area contributed by atoms with E-state index in [9.17, 15) is 9.59 Å². The first-order valence-corrected chi connectivity index (χ1v) is 6.56. The molecular formula is C11H9N3O5S. The highest BCUT2D eigenvalue weighted by molar-refractivity contribution is 7.99. The van der Waals surface area contributed by atoms with Crippen molar-refractivity contribution >= 4 is 17.7 Å². The SMILES string of the molecule is O=C(O)CSc1n[nH]c(=O)n1-c1ccc2c(c1)OCO2. The van der Waals surface area contributed by atoms with Gasteiger partial charge < -0.3 is 14.6 Å². The van der Waals surface area contributed by atoms with Crippen LogP contribution >= 0.6 is 11.8 Å². The summed E-state index contributed by atoms with van der Waals surface area (Å²) >= 11 is 0.953. The quantitative estimate of drug-likeness (QED) is 0.789. The van der Waals surface area contributed by atoms with Crippen LogP contribution in [-0.2, 0) is 4.79 Å². The molecule has 0 bridgehead atoms. The van der Waals surface area contributed by atoms with Gasteiger partial charge in [-0.1, -0.05) is 11.8 Å². The van der Waals surface area contributed by atoms with Gasteiger partial charge in [0.05, 0.1) is 11.4 Å². The summed E-state index contributed by atoms with van der Waals surface area (Å²) in [6, 6.07) is 5.00. The summed E-state index contributed by atoms with van der Waals surface area (Å²) in [5, 5.41) is 15.1. The van der Waals surface area contributed by atoms with Crippen molar-refractivity contribution in [3.63, 3.8) is 0 Å². The molecule has 3 rings (SSSR count). The number of hydrogen-bond acceptors (Lipinski definition) is 6. The van der Waals surface area contributed by atoms with Crippen molar-refractivity contribution in [2.45, 2.75) is 5.16 Å². The molecule has 8 nitrogen and oxygen atoms in total. The van der Waals surface area contributed by atoms with Crippen LogP contribution in [0.2, 0.25) is 0 Å². The van der Waals surface area contributed by atoms with Gasteiger partial charge in [-0.15, -0.1) is 5.10 Å². The van der Waals surface area contributed by atoms with Crippen molar-refractivity contribution in [1.82, 2.24) is 14.8 Å². The zero-order valence-electron chi connectivity index (χ0n) is 10.0. The topological polar surface area (TPSA) is 106 Å². The third-order valence-electron chi connectivity index (χ3n) is 2.58. The van der Waals surface area contributed by atoms with E-state index in [1.54, 1.807) is 18.2 Å². The summed E-state index contributed by atoms with van der Waals surface area (Å²) in [6.07, 6.45) is 0. The van der Waals surface area contributed by atoms with E-state index in [0.29, 0.717) is 17.2 Å². The molecule has 20 heavy (non-hydrogen) atoms. The smallest absolute Gasteiger partial charge is 0.348 e. The lowest BCUT2D eigenvalue weighted by molar-refractivity contribution is -0.133. The summed E-state index contributed by atoms with van der Waals surface area (Å²) in [5.74, 6) is -0.0352. The second kappa shape index (κ2) is 4.93. The number of nitrogens with zero attached hydrogens (tertiary/aromatic N) is 2. The molecule has 0 fully saturated rings. The Morgan fingerprint density at radius 3 is 3.05 bits per heavy atom. The highest BCUT2D eigenvalue weighted by Gasteiger charge is 2.17. The Balaban J connectivity index is 1.99. The third kappa shape index (κ3) is 2.23. The van der Waals surface area contributed by atoms with Gasteiger partial charge in [-0.25, -0.2) is 14.5 Å². The number of carbonyl (C=O) groups is 1. The van der Waals surface area contributed by atoms with Crippen molar-refractivity contribution in [3.8, 4) is 17.2 Å². The Morgan fingerprint density at radius 2 is 2.25 bits per heavy atom. The summed E-state index contributed by atoms with van der Waals surface area (Å²) in [7, 11) is 0. The van der Waals surface area contributed by atoms with Crippen LogP contribution in [0.5, 0.6) is 11.5 Å². The molecule has 1 aliphatic rings. The van der Waals surface area contributed by atoms with Crippen molar-refractivity contribution in [3.05, 3.63) is 28.7 Å². The zero-order valence-corrected chi connectivity index (χ0v) is 10.8. The van der Waals surface area contributed by atoms with Crippen molar-refractivity contribution in [2.24, 2.45) is 0 Å². The minimum absolute atomic E-state index is 0.139. The summed E-state index contributed by atoms with van der Waals surface area (Å²) in [4.78, 5) is 22.4. The number of aliphatic carboxylic acids is 1. The van der Waals surface area contributed by atoms with Gasteiger partial charge in [0, 0.05) is 6.07 Å². The van der Waals surface area contributed by atoms with Crippen LogP contribution in [0.15, 0.2) is 28.2 Å². The molecule has 1 aromatic carbocycles. The first kappa shape index (κ1) is 12.6. The fourth-order valence-electron chi connectivity index (χ4n) is 1.76. The first-order chi connectivity index (χ1) is 9.65. The van der Waals surface area contributed by atoms with Crippen molar-refractivity contribution < 1.29 is 19.4 Å². The number of fused-ring (bicyclic) bond motifs is 1. The molecule has 1 aliphatic heterocycles. The molecule has 2 heterocycles. The van der Waals surface area contributed by atoms with Gasteiger partial charge in [-0.05, 0) is 12.1 Å². The minimum atomic E-state index is -0.984. The van der Waals surface area contributed by atoms with Gasteiger partial charge in [0.25, 0.3) is 0 Å². The van der Waals surface area contributed by atoms with Crippen LogP contribution < -0.4 is 15.2 Å². The van der Waals surface area contributed by atoms with Crippen LogP contribution in [0.3, 0.4) is 0 Å². The van der Waals surface area contributed by atoms with E-state index in [0.717, 1.165) is 11.8 Å². The molecule has 0 aliphatic carbocycles. The summed E-state index contributed by atoms with van der Waals surface area (Å²) in [6.45, 7) is 0.139. The van der Waals surface area contributed by atoms with E-state index in [-0.39, 0.29) is 17.7 Å². The summed E-state index contributed by atoms with van der Waals surface area (Å²) in [5.41, 5.74) is 0.0812. The average Bonchev–Trinajstić information content (AvgIpc) is 3.01. The lowest BCUT2D eigenvalue weighted by atomic mass is 10.3. The van der Waals surface area contributed by atoms with Crippen LogP contribution in [0, 0.1) is 0 Å². The second-order valence-electron chi connectivity index (χ2n) is 3.87. The number of nitrogens with one attached hydrogen (secondary N) is 1. The monoisotopic (exact) mass is 295 g/mol. The Morgan fingerprint density at radius 1 is 1.45 bits per heavy atom. The molecule has 1 aromatic heterocycles. The Labute approximate surface area is 116 Å². The molecule has 0 radical (unpaired) electrons. The number of hydrogen-bond donors (Lipinski definition) is 2. The van der Waals surface area contributed by atoms with Gasteiger partial charge >= 0.3 is 11.7 Å². The van der Waals surface area contributed by atoms with Gasteiger partial charge in [-0.2, -0.15) is 0 Å². The van der Waals surface area contributed by atoms with E-state index in [1.165, 1.54) is 4.57 Å². The Hall–Kier alpha value is -2.42. The maximum atomic E-state index is 11.8. The fourth-order valence-corrected chi connectivity index (χ4v) is 2.44. The molecule has 2 N–H and O–H groups in total. The highest BCUT2D eigenvalue weighted by atomic mass is 32.2. The van der Waals surface area contributed by atoms with Crippen molar-refractivity contribution in [1.29, 1.82) is 0 Å². The van der Waals surface area contributed by atoms with E-state index in [2.05, 4.69) is 10.2 Å². The molecule has 0 saturated heterocycles. The number of aromatic amines is 1. The van der Waals surface area contributed by atoms with Crippen LogP contribution in [0.4, 0.5) is 0 Å². The molecule has 9 heteroatoms. The molecule has 2 aromatic rings. The largest absolute Gasteiger partial charge is 0.481 e. The number of carboxylic acids is 1. The average molecular weight is 295 g/mol. The first-order valence-electron chi connectivity index (χ1n) is 5.57. The molecule has 0 saturated carbocycles. The highest BCUT2D eigenvalue weighted by Crippen LogP contribution is 2.34. The van der Waals surface area contributed by atoms with Crippen LogP contribution in [0.1, 0.15) is 0 Å². The predicted octanol–water partition coefficient (Wildman–Crippen LogP) is 0.466. The van der Waals surface area contributed by atoms with Gasteiger partial charge in [0.1, 0.15) is 0 Å². The molecule has 0 spiro atoms. The maximum absolute atomic E-state index is 11.8. The normalized spacial score (nSPS) is 12.6. The number of rotatable bonds is 4. The number of H-pyrrole nitrogens is 1. The van der Waals surface area contributed by atoms with E-state index < -0.39 is 11.7 Å². The standard InChI is InChI=1S/C11H9N3O5S/c15-9(16)4-20-11-13-12-10(17)14(11)6-1-2-7-8(3-6)19-5-18-7/h1-3H,4-5H2,(H,12,17)(H,15,16). The number of carboxylic acid groups (broad SMARTS) is 1. The number of ether oxygens (including phenoxy) is 2. The fraction of sp³-hybridized carbons (Fsp3) is 0.182. The molecule has 0 amide bonds. The second-order valence-corrected chi connectivity index (χ2v) is 4.81. The Kier molecular flexibility index (Phi) is 3.11. The van der Waals surface area contributed by atoms with Gasteiger partial charge in [0.2, 0.25) is 6.79 Å². The molecule has 0 unspecified atom stereocenters. The van der Waals surface area contributed by atoms with E-state index >= 15 is 0 Å². The maximum Gasteiger partial charge on any atom is 0.348 e. The van der Waals surface area contributed by atoms with Crippen LogP contribution in [0.25, 0.3) is 5.69 Å². The van der Waals surface area contributed by atoms with Gasteiger partial charge in [0.15, 0.2) is 16.7 Å². The van der Waals surface area contributed by atoms with Gasteiger partial charge in [-0.3, -0.25) is 4.79 Å². The lowest BCUT2D eigenvalue weighted by Gasteiger charge is -2.05. The minimum Gasteiger partial charge on any atom is -0.481 e. The lowest BCUT2D eigenvalue weighted by Crippen LogP contribution is -2.15. The molecular weight excluding hydrogens is 286 g/mol. The van der Waals surface area contributed by atoms with E-state index in [4.69, 9.17) is 14.6 Å². The predicted molar refractivity (Wildman–Crippen MR) is 68.7 cm³/mol. The number of aromatic nitrogens is 3. The number of benzene rings is 1. The third-order valence-corrected chi connectivity index (χ3v) is 3.50. The molecule has 0 atom stereocenters. The Bertz CT molecular complexity index is 723. The summed E-state index contributed by atoms with van der Waals surface area (Å²) < 4.78 is 11.7.